The van der Waals surface area contributed by atoms with Gasteiger partial charge in [0.2, 0.25) is 5.91 Å². The maximum atomic E-state index is 11.9. The van der Waals surface area contributed by atoms with Crippen LogP contribution >= 0.6 is 34.9 Å². The predicted molar refractivity (Wildman–Crippen MR) is 123 cm³/mol. The van der Waals surface area contributed by atoms with Crippen molar-refractivity contribution in [3.05, 3.63) is 71.3 Å². The van der Waals surface area contributed by atoms with E-state index in [0.717, 1.165) is 14.4 Å². The van der Waals surface area contributed by atoms with E-state index in [-0.39, 0.29) is 17.6 Å². The SMILES string of the molecule is CC(C)c1ccc(CSc2nnc(SCC(=O)NNC(=O)c3ccccc3)s2)cc1. The number of nitrogens with zero attached hydrogens (tertiary/aromatic N) is 2. The number of hydrazine groups is 1. The summed E-state index contributed by atoms with van der Waals surface area (Å²) in [4.78, 5) is 23.9. The molecule has 2 N–H and O–H groups in total. The highest BCUT2D eigenvalue weighted by atomic mass is 32.2. The van der Waals surface area contributed by atoms with E-state index in [4.69, 9.17) is 0 Å². The number of rotatable bonds is 8. The Hall–Kier alpha value is -2.36. The molecule has 2 aromatic carbocycles. The first-order chi connectivity index (χ1) is 14.5. The summed E-state index contributed by atoms with van der Waals surface area (Å²) in [6.07, 6.45) is 0. The number of hydrogen-bond donors (Lipinski definition) is 2. The number of carbonyl (C=O) groups excluding carboxylic acids is 2. The molecule has 156 valence electrons. The molecule has 1 heterocycles. The molecule has 0 saturated heterocycles. The normalized spacial score (nSPS) is 10.8. The monoisotopic (exact) mass is 458 g/mol. The van der Waals surface area contributed by atoms with Crippen LogP contribution in [0.5, 0.6) is 0 Å². The Morgan fingerprint density at radius 3 is 2.27 bits per heavy atom. The van der Waals surface area contributed by atoms with Crippen molar-refractivity contribution in [1.29, 1.82) is 0 Å². The maximum absolute atomic E-state index is 11.9. The lowest BCUT2D eigenvalue weighted by Crippen LogP contribution is -2.42. The second-order valence-electron chi connectivity index (χ2n) is 6.68. The third-order valence-corrected chi connectivity index (χ3v) is 7.34. The largest absolute Gasteiger partial charge is 0.272 e. The first kappa shape index (κ1) is 22.3. The number of amides is 2. The van der Waals surface area contributed by atoms with Crippen LogP contribution in [-0.2, 0) is 10.5 Å². The number of carbonyl (C=O) groups is 2. The third kappa shape index (κ3) is 6.86. The average Bonchev–Trinajstić information content (AvgIpc) is 3.23. The molecule has 3 rings (SSSR count). The van der Waals surface area contributed by atoms with Crippen molar-refractivity contribution in [1.82, 2.24) is 21.0 Å². The molecule has 3 aromatic rings. The fraction of sp³-hybridized carbons (Fsp3) is 0.238. The Morgan fingerprint density at radius 1 is 0.933 bits per heavy atom. The molecule has 6 nitrogen and oxygen atoms in total. The van der Waals surface area contributed by atoms with E-state index in [2.05, 4.69) is 59.2 Å². The second kappa shape index (κ2) is 11.1. The van der Waals surface area contributed by atoms with Crippen molar-refractivity contribution in [2.45, 2.75) is 34.2 Å². The zero-order valence-electron chi connectivity index (χ0n) is 16.6. The molecule has 0 aliphatic rings. The first-order valence-electron chi connectivity index (χ1n) is 9.33. The molecule has 1 aromatic heterocycles. The molecule has 0 saturated carbocycles. The van der Waals surface area contributed by atoms with Crippen LogP contribution in [0.4, 0.5) is 0 Å². The van der Waals surface area contributed by atoms with Gasteiger partial charge in [0.05, 0.1) is 5.75 Å². The van der Waals surface area contributed by atoms with Crippen LogP contribution in [0.15, 0.2) is 63.3 Å². The van der Waals surface area contributed by atoms with E-state index >= 15 is 0 Å². The van der Waals surface area contributed by atoms with Crippen molar-refractivity contribution in [2.24, 2.45) is 0 Å². The van der Waals surface area contributed by atoms with E-state index in [1.807, 2.05) is 6.07 Å². The molecular formula is C21H22N4O2S3. The number of aromatic nitrogens is 2. The van der Waals surface area contributed by atoms with Crippen LogP contribution in [0.3, 0.4) is 0 Å². The van der Waals surface area contributed by atoms with Crippen LogP contribution in [0, 0.1) is 0 Å². The van der Waals surface area contributed by atoms with Crippen LogP contribution < -0.4 is 10.9 Å². The minimum absolute atomic E-state index is 0.144. The lowest BCUT2D eigenvalue weighted by molar-refractivity contribution is -0.119. The molecule has 0 atom stereocenters. The molecule has 0 unspecified atom stereocenters. The summed E-state index contributed by atoms with van der Waals surface area (Å²) < 4.78 is 1.58. The van der Waals surface area contributed by atoms with Gasteiger partial charge >= 0.3 is 0 Å². The van der Waals surface area contributed by atoms with Gasteiger partial charge in [-0.1, -0.05) is 91.2 Å². The molecule has 0 aliphatic heterocycles. The smallest absolute Gasteiger partial charge is 0.269 e. The van der Waals surface area contributed by atoms with Crippen molar-refractivity contribution >= 4 is 46.7 Å². The molecule has 2 amide bonds. The molecule has 0 fully saturated rings. The topological polar surface area (TPSA) is 84.0 Å². The van der Waals surface area contributed by atoms with E-state index in [1.54, 1.807) is 36.0 Å². The fourth-order valence-electron chi connectivity index (χ4n) is 2.41. The van der Waals surface area contributed by atoms with E-state index in [0.29, 0.717) is 11.5 Å². The summed E-state index contributed by atoms with van der Waals surface area (Å²) in [5.41, 5.74) is 7.86. The van der Waals surface area contributed by atoms with Gasteiger partial charge in [-0.2, -0.15) is 0 Å². The minimum atomic E-state index is -0.357. The lowest BCUT2D eigenvalue weighted by Gasteiger charge is -2.06. The molecule has 9 heteroatoms. The highest BCUT2D eigenvalue weighted by molar-refractivity contribution is 8.03. The standard InChI is InChI=1S/C21H22N4O2S3/c1-14(2)16-10-8-15(9-11-16)12-28-20-24-25-21(30-20)29-13-18(26)22-23-19(27)17-6-4-3-5-7-17/h3-11,14H,12-13H2,1-2H3,(H,22,26)(H,23,27). The van der Waals surface area contributed by atoms with E-state index < -0.39 is 0 Å². The van der Waals surface area contributed by atoms with Gasteiger partial charge in [0.1, 0.15) is 0 Å². The molecule has 0 spiro atoms. The summed E-state index contributed by atoms with van der Waals surface area (Å²) in [6.45, 7) is 4.36. The van der Waals surface area contributed by atoms with Crippen LogP contribution in [0.2, 0.25) is 0 Å². The summed E-state index contributed by atoms with van der Waals surface area (Å²) in [5, 5.41) is 8.30. The van der Waals surface area contributed by atoms with Gasteiger partial charge in [-0.3, -0.25) is 20.4 Å². The van der Waals surface area contributed by atoms with Crippen molar-refractivity contribution in [2.75, 3.05) is 5.75 Å². The molecular weight excluding hydrogens is 436 g/mol. The zero-order chi connectivity index (χ0) is 21.3. The predicted octanol–water partition coefficient (Wildman–Crippen LogP) is 4.51. The van der Waals surface area contributed by atoms with Crippen LogP contribution in [0.1, 0.15) is 41.3 Å². The lowest BCUT2D eigenvalue weighted by atomic mass is 10.0. The highest BCUT2D eigenvalue weighted by Crippen LogP contribution is 2.30. The van der Waals surface area contributed by atoms with Crippen molar-refractivity contribution in [3.8, 4) is 0 Å². The summed E-state index contributed by atoms with van der Waals surface area (Å²) in [5.74, 6) is 0.830. The minimum Gasteiger partial charge on any atom is -0.272 e. The van der Waals surface area contributed by atoms with Gasteiger partial charge < -0.3 is 0 Å². The Morgan fingerprint density at radius 2 is 1.60 bits per heavy atom. The number of hydrogen-bond acceptors (Lipinski definition) is 7. The molecule has 0 bridgehead atoms. The van der Waals surface area contributed by atoms with Gasteiger partial charge in [-0.25, -0.2) is 0 Å². The Bertz CT molecular complexity index is 975. The van der Waals surface area contributed by atoms with Gasteiger partial charge in [0.25, 0.3) is 5.91 Å². The highest BCUT2D eigenvalue weighted by Gasteiger charge is 2.10. The second-order valence-corrected chi connectivity index (χ2v) is 10.1. The van der Waals surface area contributed by atoms with E-state index in [1.165, 1.54) is 34.2 Å². The fourth-order valence-corrected chi connectivity index (χ4v) is 5.19. The number of benzene rings is 2. The summed E-state index contributed by atoms with van der Waals surface area (Å²) in [7, 11) is 0. The van der Waals surface area contributed by atoms with Crippen molar-refractivity contribution < 1.29 is 9.59 Å². The summed E-state index contributed by atoms with van der Waals surface area (Å²) in [6, 6.07) is 17.3. The Labute approximate surface area is 188 Å². The quantitative estimate of drug-likeness (QED) is 0.382. The summed E-state index contributed by atoms with van der Waals surface area (Å²) >= 11 is 4.38. The number of thioether (sulfide) groups is 2. The van der Waals surface area contributed by atoms with Crippen LogP contribution in [0.25, 0.3) is 0 Å². The third-order valence-electron chi connectivity index (χ3n) is 4.07. The Kier molecular flexibility index (Phi) is 8.30. The maximum Gasteiger partial charge on any atom is 0.269 e. The van der Waals surface area contributed by atoms with Gasteiger partial charge in [0.15, 0.2) is 8.68 Å². The zero-order valence-corrected chi connectivity index (χ0v) is 19.1. The van der Waals surface area contributed by atoms with E-state index in [9.17, 15) is 9.59 Å². The molecule has 30 heavy (non-hydrogen) atoms. The number of nitrogens with one attached hydrogen (secondary N) is 2. The van der Waals surface area contributed by atoms with Gasteiger partial charge in [-0.15, -0.1) is 10.2 Å². The Balaban J connectivity index is 1.39. The average molecular weight is 459 g/mol. The van der Waals surface area contributed by atoms with Crippen molar-refractivity contribution in [3.63, 3.8) is 0 Å². The van der Waals surface area contributed by atoms with Gasteiger partial charge in [0, 0.05) is 11.3 Å². The molecule has 0 radical (unpaired) electrons. The van der Waals surface area contributed by atoms with Crippen LogP contribution in [-0.4, -0.2) is 27.8 Å². The molecule has 0 aliphatic carbocycles. The van der Waals surface area contributed by atoms with Gasteiger partial charge in [-0.05, 0) is 29.2 Å². The first-order valence-corrected chi connectivity index (χ1v) is 12.1.